The molecule has 0 spiro atoms. The molecule has 1 aromatic carbocycles. The first-order valence-corrected chi connectivity index (χ1v) is 5.57. The van der Waals surface area contributed by atoms with Crippen molar-refractivity contribution < 1.29 is 22.5 Å². The number of rotatable bonds is 4. The fraction of sp³-hybridized carbons (Fsp3) is 0.0833. The van der Waals surface area contributed by atoms with Crippen molar-refractivity contribution in [3.8, 4) is 0 Å². The first-order chi connectivity index (χ1) is 9.86. The van der Waals surface area contributed by atoms with E-state index in [4.69, 9.17) is 4.42 Å². The maximum Gasteiger partial charge on any atom is 0.433 e. The Balaban J connectivity index is 2.05. The molecular formula is C12H8F3N3O3. The zero-order chi connectivity index (χ0) is 15.5. The lowest BCUT2D eigenvalue weighted by molar-refractivity contribution is -0.402. The SMILES string of the molecule is O=[N+]([O-])c1ccc(/C=N\Nc2cccc(C(F)(F)F)c2)o1. The van der Waals surface area contributed by atoms with Gasteiger partial charge in [0.05, 0.1) is 23.5 Å². The number of hydrogen-bond acceptors (Lipinski definition) is 5. The standard InChI is InChI=1S/C12H8F3N3O3/c13-12(14,15)8-2-1-3-9(6-8)17-16-7-10-4-5-11(21-10)18(19)20/h1-7,17H/b16-7-. The molecule has 110 valence electrons. The van der Waals surface area contributed by atoms with Crippen LogP contribution in [0.15, 0.2) is 45.9 Å². The molecule has 0 aliphatic heterocycles. The normalized spacial score (nSPS) is 11.8. The smallest absolute Gasteiger partial charge is 0.400 e. The zero-order valence-corrected chi connectivity index (χ0v) is 10.3. The van der Waals surface area contributed by atoms with Crippen LogP contribution in [0.25, 0.3) is 0 Å². The maximum atomic E-state index is 12.5. The van der Waals surface area contributed by atoms with Crippen LogP contribution in [0.3, 0.4) is 0 Å². The maximum absolute atomic E-state index is 12.5. The van der Waals surface area contributed by atoms with Crippen LogP contribution in [-0.2, 0) is 6.18 Å². The third-order valence-corrected chi connectivity index (χ3v) is 2.37. The molecule has 0 saturated carbocycles. The summed E-state index contributed by atoms with van der Waals surface area (Å²) in [5.41, 5.74) is 1.70. The van der Waals surface area contributed by atoms with Gasteiger partial charge in [0.2, 0.25) is 0 Å². The Kier molecular flexibility index (Phi) is 3.92. The van der Waals surface area contributed by atoms with Gasteiger partial charge >= 0.3 is 12.1 Å². The molecule has 1 heterocycles. The van der Waals surface area contributed by atoms with Gasteiger partial charge in [-0.3, -0.25) is 15.5 Å². The summed E-state index contributed by atoms with van der Waals surface area (Å²) >= 11 is 0. The first kappa shape index (κ1) is 14.6. The highest BCUT2D eigenvalue weighted by atomic mass is 19.4. The average Bonchev–Trinajstić information content (AvgIpc) is 2.87. The van der Waals surface area contributed by atoms with Gasteiger partial charge in [0.25, 0.3) is 0 Å². The van der Waals surface area contributed by atoms with Crippen LogP contribution >= 0.6 is 0 Å². The average molecular weight is 299 g/mol. The van der Waals surface area contributed by atoms with E-state index in [0.717, 1.165) is 24.4 Å². The van der Waals surface area contributed by atoms with Crippen molar-refractivity contribution in [3.63, 3.8) is 0 Å². The summed E-state index contributed by atoms with van der Waals surface area (Å²) in [5.74, 6) is -0.350. The van der Waals surface area contributed by atoms with E-state index in [2.05, 4.69) is 10.5 Å². The summed E-state index contributed by atoms with van der Waals surface area (Å²) < 4.78 is 42.3. The molecule has 0 radical (unpaired) electrons. The second-order valence-corrected chi connectivity index (χ2v) is 3.88. The summed E-state index contributed by atoms with van der Waals surface area (Å²) in [6.45, 7) is 0. The number of alkyl halides is 3. The number of nitro groups is 1. The number of halogens is 3. The number of hydrogen-bond donors (Lipinski definition) is 1. The van der Waals surface area contributed by atoms with E-state index < -0.39 is 22.5 Å². The lowest BCUT2D eigenvalue weighted by Gasteiger charge is -2.07. The molecule has 1 aromatic heterocycles. The predicted molar refractivity (Wildman–Crippen MR) is 68.0 cm³/mol. The van der Waals surface area contributed by atoms with Gasteiger partial charge in [0.15, 0.2) is 5.76 Å². The predicted octanol–water partition coefficient (Wildman–Crippen LogP) is 3.65. The Labute approximate surface area is 116 Å². The Morgan fingerprint density at radius 2 is 2.05 bits per heavy atom. The van der Waals surface area contributed by atoms with E-state index in [1.54, 1.807) is 0 Å². The lowest BCUT2D eigenvalue weighted by Crippen LogP contribution is -2.05. The van der Waals surface area contributed by atoms with Gasteiger partial charge in [-0.05, 0) is 24.3 Å². The molecule has 0 bridgehead atoms. The molecule has 1 N–H and O–H groups in total. The fourth-order valence-electron chi connectivity index (χ4n) is 1.45. The van der Waals surface area contributed by atoms with E-state index in [1.165, 1.54) is 18.2 Å². The minimum Gasteiger partial charge on any atom is -0.400 e. The van der Waals surface area contributed by atoms with Gasteiger partial charge in [-0.2, -0.15) is 18.3 Å². The molecule has 0 saturated heterocycles. The third kappa shape index (κ3) is 3.81. The second-order valence-electron chi connectivity index (χ2n) is 3.88. The minimum absolute atomic E-state index is 0.0983. The molecule has 9 heteroatoms. The van der Waals surface area contributed by atoms with E-state index in [1.807, 2.05) is 0 Å². The first-order valence-electron chi connectivity index (χ1n) is 5.57. The molecule has 0 aliphatic carbocycles. The van der Waals surface area contributed by atoms with Crippen LogP contribution in [-0.4, -0.2) is 11.1 Å². The van der Waals surface area contributed by atoms with Gasteiger partial charge in [0.1, 0.15) is 4.92 Å². The number of anilines is 1. The summed E-state index contributed by atoms with van der Waals surface area (Å²) in [6.07, 6.45) is -3.32. The van der Waals surface area contributed by atoms with Crippen molar-refractivity contribution in [1.82, 2.24) is 0 Å². The van der Waals surface area contributed by atoms with Crippen molar-refractivity contribution in [3.05, 3.63) is 57.8 Å². The summed E-state index contributed by atoms with van der Waals surface area (Å²) in [5, 5.41) is 14.0. The van der Waals surface area contributed by atoms with E-state index in [9.17, 15) is 23.3 Å². The monoisotopic (exact) mass is 299 g/mol. The molecule has 2 rings (SSSR count). The van der Waals surface area contributed by atoms with E-state index in [0.29, 0.717) is 0 Å². The topological polar surface area (TPSA) is 80.7 Å². The molecule has 0 unspecified atom stereocenters. The molecule has 2 aromatic rings. The number of hydrazone groups is 1. The minimum atomic E-state index is -4.44. The summed E-state index contributed by atoms with van der Waals surface area (Å²) in [4.78, 5) is 9.68. The van der Waals surface area contributed by atoms with Crippen LogP contribution in [0.2, 0.25) is 0 Å². The van der Waals surface area contributed by atoms with Crippen molar-refractivity contribution in [1.29, 1.82) is 0 Å². The number of furan rings is 1. The highest BCUT2D eigenvalue weighted by Gasteiger charge is 2.30. The number of nitrogens with zero attached hydrogens (tertiary/aromatic N) is 2. The molecule has 0 fully saturated rings. The summed E-state index contributed by atoms with van der Waals surface area (Å²) in [6, 6.07) is 6.92. The third-order valence-electron chi connectivity index (χ3n) is 2.37. The van der Waals surface area contributed by atoms with Crippen LogP contribution < -0.4 is 5.43 Å². The Morgan fingerprint density at radius 3 is 2.67 bits per heavy atom. The molecule has 0 atom stereocenters. The van der Waals surface area contributed by atoms with Crippen LogP contribution in [0.1, 0.15) is 11.3 Å². The highest BCUT2D eigenvalue weighted by Crippen LogP contribution is 2.30. The highest BCUT2D eigenvalue weighted by molar-refractivity contribution is 5.77. The van der Waals surface area contributed by atoms with Crippen molar-refractivity contribution in [2.75, 3.05) is 5.43 Å². The Bertz CT molecular complexity index is 680. The number of nitrogens with one attached hydrogen (secondary N) is 1. The molecule has 0 amide bonds. The number of benzene rings is 1. The van der Waals surface area contributed by atoms with E-state index >= 15 is 0 Å². The van der Waals surface area contributed by atoms with Gasteiger partial charge < -0.3 is 4.42 Å². The van der Waals surface area contributed by atoms with Gasteiger partial charge in [-0.25, -0.2) is 0 Å². The van der Waals surface area contributed by atoms with E-state index in [-0.39, 0.29) is 11.4 Å². The largest absolute Gasteiger partial charge is 0.433 e. The van der Waals surface area contributed by atoms with Crippen molar-refractivity contribution in [2.45, 2.75) is 6.18 Å². The van der Waals surface area contributed by atoms with Crippen molar-refractivity contribution >= 4 is 17.8 Å². The molecule has 6 nitrogen and oxygen atoms in total. The molecular weight excluding hydrogens is 291 g/mol. The Morgan fingerprint density at radius 1 is 1.29 bits per heavy atom. The molecule has 0 aliphatic rings. The molecule has 21 heavy (non-hydrogen) atoms. The quantitative estimate of drug-likeness (QED) is 0.531. The fourth-order valence-corrected chi connectivity index (χ4v) is 1.45. The summed E-state index contributed by atoms with van der Waals surface area (Å²) in [7, 11) is 0. The second kappa shape index (κ2) is 5.65. The van der Waals surface area contributed by atoms with Gasteiger partial charge in [-0.15, -0.1) is 0 Å². The van der Waals surface area contributed by atoms with Crippen molar-refractivity contribution in [2.24, 2.45) is 5.10 Å². The van der Waals surface area contributed by atoms with Crippen LogP contribution in [0.4, 0.5) is 24.7 Å². The van der Waals surface area contributed by atoms with Crippen LogP contribution in [0, 0.1) is 10.1 Å². The van der Waals surface area contributed by atoms with Crippen LogP contribution in [0.5, 0.6) is 0 Å². The lowest BCUT2D eigenvalue weighted by atomic mass is 10.2. The Hall–Kier alpha value is -2.84. The van der Waals surface area contributed by atoms with Gasteiger partial charge in [0, 0.05) is 0 Å². The zero-order valence-electron chi connectivity index (χ0n) is 10.3. The van der Waals surface area contributed by atoms with Gasteiger partial charge in [-0.1, -0.05) is 6.07 Å².